The molecule has 1 N–H and O–H groups in total. The summed E-state index contributed by atoms with van der Waals surface area (Å²) in [5.74, 6) is -0.244. The first kappa shape index (κ1) is 13.2. The van der Waals surface area contributed by atoms with Crippen molar-refractivity contribution in [2.45, 2.75) is 6.10 Å². The van der Waals surface area contributed by atoms with Gasteiger partial charge in [-0.05, 0) is 18.2 Å². The second-order valence-electron chi connectivity index (χ2n) is 3.83. The first-order chi connectivity index (χ1) is 8.72. The Kier molecular flexibility index (Phi) is 4.46. The standard InChI is InChI=1S/C12H15FN2O2S/c1-16-7-9(17-2)6-14-12-15-10-4-3-8(13)5-11(10)18-12/h3-5,9H,6-7H2,1-2H3,(H,14,15). The molecule has 1 unspecified atom stereocenters. The summed E-state index contributed by atoms with van der Waals surface area (Å²) < 4.78 is 24.1. The molecular formula is C12H15FN2O2S. The van der Waals surface area contributed by atoms with E-state index >= 15 is 0 Å². The second kappa shape index (κ2) is 6.08. The Hall–Kier alpha value is -1.24. The van der Waals surface area contributed by atoms with E-state index in [0.717, 1.165) is 15.3 Å². The van der Waals surface area contributed by atoms with Crippen LogP contribution in [0.4, 0.5) is 9.52 Å². The largest absolute Gasteiger partial charge is 0.382 e. The molecule has 18 heavy (non-hydrogen) atoms. The van der Waals surface area contributed by atoms with Crippen molar-refractivity contribution in [3.8, 4) is 0 Å². The highest BCUT2D eigenvalue weighted by molar-refractivity contribution is 7.22. The third-order valence-corrected chi connectivity index (χ3v) is 3.49. The quantitative estimate of drug-likeness (QED) is 0.876. The van der Waals surface area contributed by atoms with Gasteiger partial charge in [0.1, 0.15) is 5.82 Å². The van der Waals surface area contributed by atoms with E-state index < -0.39 is 0 Å². The number of thiazole rings is 1. The SMILES string of the molecule is COCC(CNc1nc2ccc(F)cc2s1)OC. The molecule has 0 amide bonds. The van der Waals surface area contributed by atoms with Gasteiger partial charge in [0, 0.05) is 20.8 Å². The maximum Gasteiger partial charge on any atom is 0.183 e. The Morgan fingerprint density at radius 2 is 2.28 bits per heavy atom. The van der Waals surface area contributed by atoms with Crippen LogP contribution in [0, 0.1) is 5.82 Å². The summed E-state index contributed by atoms with van der Waals surface area (Å²) in [4.78, 5) is 4.36. The number of benzene rings is 1. The van der Waals surface area contributed by atoms with Crippen LogP contribution in [0.2, 0.25) is 0 Å². The van der Waals surface area contributed by atoms with Crippen molar-refractivity contribution in [1.82, 2.24) is 4.98 Å². The van der Waals surface area contributed by atoms with Crippen molar-refractivity contribution in [1.29, 1.82) is 0 Å². The minimum atomic E-state index is -0.244. The van der Waals surface area contributed by atoms with E-state index in [9.17, 15) is 4.39 Å². The monoisotopic (exact) mass is 270 g/mol. The fourth-order valence-corrected chi connectivity index (χ4v) is 2.47. The zero-order chi connectivity index (χ0) is 13.0. The number of hydrogen-bond donors (Lipinski definition) is 1. The van der Waals surface area contributed by atoms with Crippen LogP contribution in [0.25, 0.3) is 10.2 Å². The van der Waals surface area contributed by atoms with Crippen LogP contribution >= 0.6 is 11.3 Å². The molecule has 1 aromatic carbocycles. The zero-order valence-electron chi connectivity index (χ0n) is 10.3. The second-order valence-corrected chi connectivity index (χ2v) is 4.86. The van der Waals surface area contributed by atoms with Crippen molar-refractivity contribution in [2.75, 3.05) is 32.7 Å². The maximum absolute atomic E-state index is 13.0. The van der Waals surface area contributed by atoms with Crippen LogP contribution in [-0.2, 0) is 9.47 Å². The molecule has 0 fully saturated rings. The highest BCUT2D eigenvalue weighted by Crippen LogP contribution is 2.26. The number of methoxy groups -OCH3 is 2. The summed E-state index contributed by atoms with van der Waals surface area (Å²) >= 11 is 1.42. The lowest BCUT2D eigenvalue weighted by molar-refractivity contribution is 0.0365. The van der Waals surface area contributed by atoms with Crippen LogP contribution in [0.15, 0.2) is 18.2 Å². The van der Waals surface area contributed by atoms with Gasteiger partial charge in [0.2, 0.25) is 0 Å². The average Bonchev–Trinajstić information content (AvgIpc) is 2.76. The van der Waals surface area contributed by atoms with Crippen molar-refractivity contribution < 1.29 is 13.9 Å². The van der Waals surface area contributed by atoms with E-state index in [0.29, 0.717) is 13.2 Å². The van der Waals surface area contributed by atoms with Gasteiger partial charge in [-0.1, -0.05) is 11.3 Å². The Balaban J connectivity index is 2.03. The first-order valence-electron chi connectivity index (χ1n) is 5.54. The number of fused-ring (bicyclic) bond motifs is 1. The Bertz CT molecular complexity index is 518. The molecular weight excluding hydrogens is 255 g/mol. The van der Waals surface area contributed by atoms with Gasteiger partial charge in [0.25, 0.3) is 0 Å². The van der Waals surface area contributed by atoms with Crippen LogP contribution in [0.1, 0.15) is 0 Å². The molecule has 98 valence electrons. The van der Waals surface area contributed by atoms with E-state index in [4.69, 9.17) is 9.47 Å². The van der Waals surface area contributed by atoms with Gasteiger partial charge in [-0.25, -0.2) is 9.37 Å². The number of nitrogens with one attached hydrogen (secondary N) is 1. The predicted molar refractivity (Wildman–Crippen MR) is 70.7 cm³/mol. The predicted octanol–water partition coefficient (Wildman–Crippen LogP) is 2.51. The van der Waals surface area contributed by atoms with Crippen LogP contribution in [0.3, 0.4) is 0 Å². The number of nitrogens with zero attached hydrogens (tertiary/aromatic N) is 1. The molecule has 0 saturated heterocycles. The van der Waals surface area contributed by atoms with Gasteiger partial charge in [0.05, 0.1) is 22.9 Å². The molecule has 4 nitrogen and oxygen atoms in total. The Labute approximate surface area is 109 Å². The van der Waals surface area contributed by atoms with Gasteiger partial charge >= 0.3 is 0 Å². The number of halogens is 1. The minimum Gasteiger partial charge on any atom is -0.382 e. The number of aromatic nitrogens is 1. The van der Waals surface area contributed by atoms with Crippen molar-refractivity contribution in [3.05, 3.63) is 24.0 Å². The van der Waals surface area contributed by atoms with Crippen molar-refractivity contribution in [3.63, 3.8) is 0 Å². The summed E-state index contributed by atoms with van der Waals surface area (Å²) in [6.07, 6.45) is -0.0289. The van der Waals surface area contributed by atoms with E-state index in [1.165, 1.54) is 23.5 Å². The van der Waals surface area contributed by atoms with Gasteiger partial charge in [-0.15, -0.1) is 0 Å². The van der Waals surface area contributed by atoms with Gasteiger partial charge in [0.15, 0.2) is 5.13 Å². The van der Waals surface area contributed by atoms with E-state index in [2.05, 4.69) is 10.3 Å². The third kappa shape index (κ3) is 3.16. The normalized spacial score (nSPS) is 12.8. The molecule has 0 aliphatic heterocycles. The lowest BCUT2D eigenvalue weighted by atomic mass is 10.3. The zero-order valence-corrected chi connectivity index (χ0v) is 11.1. The lowest BCUT2D eigenvalue weighted by Gasteiger charge is -2.14. The number of hydrogen-bond acceptors (Lipinski definition) is 5. The van der Waals surface area contributed by atoms with Crippen molar-refractivity contribution in [2.24, 2.45) is 0 Å². The Morgan fingerprint density at radius 3 is 3.00 bits per heavy atom. The average molecular weight is 270 g/mol. The summed E-state index contributed by atoms with van der Waals surface area (Å²) in [6, 6.07) is 4.57. The van der Waals surface area contributed by atoms with Crippen LogP contribution < -0.4 is 5.32 Å². The molecule has 2 rings (SSSR count). The fraction of sp³-hybridized carbons (Fsp3) is 0.417. The molecule has 0 aliphatic rings. The van der Waals surface area contributed by atoms with E-state index in [1.54, 1.807) is 20.3 Å². The summed E-state index contributed by atoms with van der Waals surface area (Å²) in [6.45, 7) is 1.12. The lowest BCUT2D eigenvalue weighted by Crippen LogP contribution is -2.26. The molecule has 0 radical (unpaired) electrons. The molecule has 0 saturated carbocycles. The molecule has 1 heterocycles. The van der Waals surface area contributed by atoms with Gasteiger partial charge in [-0.2, -0.15) is 0 Å². The number of rotatable bonds is 6. The first-order valence-corrected chi connectivity index (χ1v) is 6.36. The summed E-state index contributed by atoms with van der Waals surface area (Å²) in [5, 5.41) is 3.93. The topological polar surface area (TPSA) is 43.4 Å². The molecule has 0 bridgehead atoms. The van der Waals surface area contributed by atoms with Gasteiger partial charge in [-0.3, -0.25) is 0 Å². The fourth-order valence-electron chi connectivity index (χ4n) is 1.57. The molecule has 6 heteroatoms. The highest BCUT2D eigenvalue weighted by atomic mass is 32.1. The molecule has 0 aliphatic carbocycles. The van der Waals surface area contributed by atoms with E-state index in [1.807, 2.05) is 0 Å². The van der Waals surface area contributed by atoms with E-state index in [-0.39, 0.29) is 11.9 Å². The Morgan fingerprint density at radius 1 is 1.44 bits per heavy atom. The highest BCUT2D eigenvalue weighted by Gasteiger charge is 2.09. The van der Waals surface area contributed by atoms with Gasteiger partial charge < -0.3 is 14.8 Å². The summed E-state index contributed by atoms with van der Waals surface area (Å²) in [5.41, 5.74) is 0.796. The minimum absolute atomic E-state index is 0.0289. The third-order valence-electron chi connectivity index (χ3n) is 2.52. The van der Waals surface area contributed by atoms with Crippen molar-refractivity contribution >= 4 is 26.7 Å². The molecule has 0 spiro atoms. The maximum atomic E-state index is 13.0. The van der Waals surface area contributed by atoms with Crippen LogP contribution in [-0.4, -0.2) is 38.5 Å². The van der Waals surface area contributed by atoms with Crippen LogP contribution in [0.5, 0.6) is 0 Å². The summed E-state index contributed by atoms with van der Waals surface area (Å²) in [7, 11) is 3.27. The number of anilines is 1. The number of ether oxygens (including phenoxy) is 2. The molecule has 1 atom stereocenters. The smallest absolute Gasteiger partial charge is 0.183 e. The molecule has 2 aromatic rings. The molecule has 1 aromatic heterocycles.